The van der Waals surface area contributed by atoms with Crippen molar-refractivity contribution in [3.05, 3.63) is 60.7 Å². The number of aromatic nitrogens is 1. The lowest BCUT2D eigenvalue weighted by Crippen LogP contribution is -2.24. The van der Waals surface area contributed by atoms with Crippen LogP contribution in [0.25, 0.3) is 22.0 Å². The fourth-order valence-corrected chi connectivity index (χ4v) is 3.81. The molecule has 0 aliphatic heterocycles. The summed E-state index contributed by atoms with van der Waals surface area (Å²) in [6.07, 6.45) is 8.01. The number of aromatic amines is 1. The molecule has 2 N–H and O–H groups in total. The van der Waals surface area contributed by atoms with E-state index in [0.717, 1.165) is 5.82 Å². The highest BCUT2D eigenvalue weighted by atomic mass is 15.0. The summed E-state index contributed by atoms with van der Waals surface area (Å²) in [4.78, 5) is 3.59. The van der Waals surface area contributed by atoms with Crippen molar-refractivity contribution < 1.29 is 4.98 Å². The second-order valence-electron chi connectivity index (χ2n) is 6.84. The first-order valence-corrected chi connectivity index (χ1v) is 9.17. The van der Waals surface area contributed by atoms with Gasteiger partial charge in [0.2, 0.25) is 0 Å². The van der Waals surface area contributed by atoms with Crippen LogP contribution in [0.3, 0.4) is 0 Å². The van der Waals surface area contributed by atoms with E-state index < -0.39 is 0 Å². The maximum Gasteiger partial charge on any atom is 0.273 e. The molecule has 1 heterocycles. The Morgan fingerprint density at radius 2 is 1.50 bits per heavy atom. The molecule has 2 aromatic carbocycles. The molecule has 122 valence electrons. The molecule has 0 unspecified atom stereocenters. The van der Waals surface area contributed by atoms with Gasteiger partial charge in [0.25, 0.3) is 5.82 Å². The number of pyridine rings is 1. The van der Waals surface area contributed by atoms with Crippen LogP contribution < -0.4 is 10.3 Å². The first kappa shape index (κ1) is 15.2. The van der Waals surface area contributed by atoms with Gasteiger partial charge in [-0.05, 0) is 37.3 Å². The third-order valence-corrected chi connectivity index (χ3v) is 5.07. The number of nitrogens with one attached hydrogen (secondary N) is 2. The molecule has 2 nitrogen and oxygen atoms in total. The lowest BCUT2D eigenvalue weighted by atomic mass is 10.0. The molecule has 4 rings (SSSR count). The highest BCUT2D eigenvalue weighted by molar-refractivity contribution is 5.93. The van der Waals surface area contributed by atoms with Gasteiger partial charge in [-0.2, -0.15) is 0 Å². The van der Waals surface area contributed by atoms with E-state index >= 15 is 0 Å². The molecular formula is C22H25N2+. The molecule has 24 heavy (non-hydrogen) atoms. The first-order chi connectivity index (χ1) is 11.9. The summed E-state index contributed by atoms with van der Waals surface area (Å²) in [5.74, 6) is 1.14. The van der Waals surface area contributed by atoms with Crippen LogP contribution in [0.15, 0.2) is 60.7 Å². The normalized spacial score (nSPS) is 16.0. The van der Waals surface area contributed by atoms with Crippen LogP contribution >= 0.6 is 0 Å². The van der Waals surface area contributed by atoms with E-state index in [0.29, 0.717) is 6.04 Å². The Morgan fingerprint density at radius 1 is 0.792 bits per heavy atom. The largest absolute Gasteiger partial charge is 0.273 e. The first-order valence-electron chi connectivity index (χ1n) is 9.17. The van der Waals surface area contributed by atoms with E-state index in [-0.39, 0.29) is 0 Å². The number of rotatable bonds is 3. The minimum atomic E-state index is 0.591. The van der Waals surface area contributed by atoms with Gasteiger partial charge in [0, 0.05) is 17.0 Å². The van der Waals surface area contributed by atoms with Crippen molar-refractivity contribution in [1.29, 1.82) is 0 Å². The van der Waals surface area contributed by atoms with Crippen molar-refractivity contribution in [1.82, 2.24) is 0 Å². The fourth-order valence-electron chi connectivity index (χ4n) is 3.81. The van der Waals surface area contributed by atoms with Crippen LogP contribution in [0.5, 0.6) is 0 Å². The lowest BCUT2D eigenvalue weighted by molar-refractivity contribution is -0.327. The zero-order chi connectivity index (χ0) is 16.2. The van der Waals surface area contributed by atoms with Gasteiger partial charge in [-0.15, -0.1) is 0 Å². The summed E-state index contributed by atoms with van der Waals surface area (Å²) in [7, 11) is 0. The predicted octanol–water partition coefficient (Wildman–Crippen LogP) is 5.46. The van der Waals surface area contributed by atoms with Crippen molar-refractivity contribution in [2.24, 2.45) is 0 Å². The third kappa shape index (κ3) is 3.28. The summed E-state index contributed by atoms with van der Waals surface area (Å²) in [6, 6.07) is 22.1. The van der Waals surface area contributed by atoms with Gasteiger partial charge in [-0.25, -0.2) is 4.98 Å². The number of hydrogen-bond acceptors (Lipinski definition) is 1. The van der Waals surface area contributed by atoms with E-state index in [1.54, 1.807) is 0 Å². The summed E-state index contributed by atoms with van der Waals surface area (Å²) in [5.41, 5.74) is 3.75. The van der Waals surface area contributed by atoms with Gasteiger partial charge < -0.3 is 0 Å². The van der Waals surface area contributed by atoms with Crippen molar-refractivity contribution in [3.8, 4) is 11.1 Å². The predicted molar refractivity (Wildman–Crippen MR) is 101 cm³/mol. The molecule has 1 aromatic heterocycles. The minimum absolute atomic E-state index is 0.591. The molecule has 2 heteroatoms. The molecule has 1 aliphatic carbocycles. The number of fused-ring (bicyclic) bond motifs is 1. The van der Waals surface area contributed by atoms with Crippen LogP contribution in [-0.2, 0) is 0 Å². The van der Waals surface area contributed by atoms with Gasteiger partial charge in [-0.1, -0.05) is 61.4 Å². The maximum atomic E-state index is 3.77. The summed E-state index contributed by atoms with van der Waals surface area (Å²) < 4.78 is 0. The highest BCUT2D eigenvalue weighted by Gasteiger charge is 2.18. The number of hydrogen-bond donors (Lipinski definition) is 1. The Morgan fingerprint density at radius 3 is 2.29 bits per heavy atom. The zero-order valence-electron chi connectivity index (χ0n) is 14.1. The average Bonchev–Trinajstić information content (AvgIpc) is 2.90. The van der Waals surface area contributed by atoms with E-state index in [4.69, 9.17) is 0 Å². The average molecular weight is 317 g/mol. The van der Waals surface area contributed by atoms with Gasteiger partial charge in [0.15, 0.2) is 0 Å². The van der Waals surface area contributed by atoms with Crippen LogP contribution in [0.1, 0.15) is 38.5 Å². The monoisotopic (exact) mass is 317 g/mol. The lowest BCUT2D eigenvalue weighted by Gasteiger charge is -2.13. The molecule has 1 saturated carbocycles. The number of para-hydroxylation sites is 1. The summed E-state index contributed by atoms with van der Waals surface area (Å²) in [5, 5.41) is 5.04. The third-order valence-electron chi connectivity index (χ3n) is 5.07. The van der Waals surface area contributed by atoms with Gasteiger partial charge in [0.05, 0.1) is 6.04 Å². The summed E-state index contributed by atoms with van der Waals surface area (Å²) >= 11 is 0. The molecule has 1 aliphatic rings. The van der Waals surface area contributed by atoms with Crippen LogP contribution in [-0.4, -0.2) is 6.04 Å². The molecule has 3 aromatic rings. The van der Waals surface area contributed by atoms with E-state index in [1.165, 1.54) is 60.6 Å². The maximum absolute atomic E-state index is 3.77. The molecular weight excluding hydrogens is 292 g/mol. The molecule has 0 bridgehead atoms. The molecule has 0 spiro atoms. The minimum Gasteiger partial charge on any atom is -0.272 e. The van der Waals surface area contributed by atoms with Crippen LogP contribution in [0, 0.1) is 0 Å². The number of anilines is 1. The number of H-pyrrole nitrogens is 1. The Hall–Kier alpha value is -2.35. The highest BCUT2D eigenvalue weighted by Crippen LogP contribution is 2.29. The van der Waals surface area contributed by atoms with Crippen molar-refractivity contribution in [2.75, 3.05) is 5.32 Å². The fraction of sp³-hybridized carbons (Fsp3) is 0.318. The zero-order valence-corrected chi connectivity index (χ0v) is 14.1. The molecule has 0 saturated heterocycles. The van der Waals surface area contributed by atoms with E-state index in [9.17, 15) is 0 Å². The van der Waals surface area contributed by atoms with E-state index in [2.05, 4.69) is 71.0 Å². The Bertz CT molecular complexity index is 803. The quantitative estimate of drug-likeness (QED) is 0.638. The SMILES string of the molecule is c1ccc(-c2cc(NC3CCCCCC3)[nH+]c3ccccc23)cc1. The second-order valence-corrected chi connectivity index (χ2v) is 6.84. The molecule has 1 fully saturated rings. The summed E-state index contributed by atoms with van der Waals surface area (Å²) in [6.45, 7) is 0. The van der Waals surface area contributed by atoms with Crippen LogP contribution in [0.2, 0.25) is 0 Å². The Balaban J connectivity index is 1.74. The standard InChI is InChI=1S/C22H24N2/c1-2-7-13-18(12-6-1)23-22-16-20(17-10-4-3-5-11-17)19-14-8-9-15-21(19)24-22/h3-5,8-11,14-16,18H,1-2,6-7,12-13H2,(H,23,24)/p+1. The van der Waals surface area contributed by atoms with Crippen LogP contribution in [0.4, 0.5) is 5.82 Å². The van der Waals surface area contributed by atoms with Crippen molar-refractivity contribution in [3.63, 3.8) is 0 Å². The van der Waals surface area contributed by atoms with Gasteiger partial charge in [-0.3, -0.25) is 5.32 Å². The van der Waals surface area contributed by atoms with Gasteiger partial charge in [0.1, 0.15) is 5.52 Å². The molecule has 0 atom stereocenters. The number of benzene rings is 2. The molecule has 0 radical (unpaired) electrons. The Labute approximate surface area is 143 Å². The van der Waals surface area contributed by atoms with E-state index in [1.807, 2.05) is 0 Å². The van der Waals surface area contributed by atoms with Crippen molar-refractivity contribution in [2.45, 2.75) is 44.6 Å². The van der Waals surface area contributed by atoms with Gasteiger partial charge >= 0.3 is 0 Å². The molecule has 0 amide bonds. The van der Waals surface area contributed by atoms with Crippen molar-refractivity contribution >= 4 is 16.7 Å². The smallest absolute Gasteiger partial charge is 0.272 e. The second kappa shape index (κ2) is 7.04. The Kier molecular flexibility index (Phi) is 4.46. The topological polar surface area (TPSA) is 26.2 Å².